The van der Waals surface area contributed by atoms with Gasteiger partial charge >= 0.3 is 5.97 Å². The third-order valence-electron chi connectivity index (χ3n) is 5.93. The average Bonchev–Trinajstić information content (AvgIpc) is 2.89. The van der Waals surface area contributed by atoms with Crippen LogP contribution in [0.2, 0.25) is 0 Å². The van der Waals surface area contributed by atoms with E-state index in [0.29, 0.717) is 4.91 Å². The Morgan fingerprint density at radius 2 is 1.72 bits per heavy atom. The molecule has 0 spiro atoms. The number of nitrogens with zero attached hydrogens (tertiary/aromatic N) is 1. The largest absolute Gasteiger partial charge is 0.477 e. The molecule has 2 aliphatic rings. The number of carbonyl (C=O) groups excluding carboxylic acids is 2. The standard InChI is InChI=1S/C27H21FN2O4S2/c28-19-14-18(17-9-5-2-6-10-17)11-12-20(19)36-21-15-35-26-23(25(32)30(26)24(21)27(33)34)29-22(31)13-16-7-3-1-4-8-16/h1-12,14,23,26H,13,15H2,(H,29,31)(H,33,34)/t23-,26-/m1/s1. The van der Waals surface area contributed by atoms with Gasteiger partial charge in [0.25, 0.3) is 5.91 Å². The number of carbonyl (C=O) groups is 3. The molecule has 3 aromatic carbocycles. The molecule has 3 aromatic rings. The number of halogens is 1. The Hall–Kier alpha value is -3.56. The molecule has 1 saturated heterocycles. The Balaban J connectivity index is 1.32. The summed E-state index contributed by atoms with van der Waals surface area (Å²) in [6, 6.07) is 22.6. The van der Waals surface area contributed by atoms with Crippen LogP contribution in [-0.4, -0.2) is 45.0 Å². The van der Waals surface area contributed by atoms with Crippen molar-refractivity contribution in [2.45, 2.75) is 22.7 Å². The summed E-state index contributed by atoms with van der Waals surface area (Å²) in [6.45, 7) is 0. The molecule has 36 heavy (non-hydrogen) atoms. The number of rotatable bonds is 7. The highest BCUT2D eigenvalue weighted by Crippen LogP contribution is 2.45. The molecule has 9 heteroatoms. The van der Waals surface area contributed by atoms with Gasteiger partial charge in [-0.2, -0.15) is 0 Å². The Kier molecular flexibility index (Phi) is 6.84. The number of carboxylic acids is 1. The van der Waals surface area contributed by atoms with Crippen molar-refractivity contribution in [1.29, 1.82) is 0 Å². The van der Waals surface area contributed by atoms with Crippen molar-refractivity contribution in [3.63, 3.8) is 0 Å². The van der Waals surface area contributed by atoms with Crippen molar-refractivity contribution < 1.29 is 23.9 Å². The van der Waals surface area contributed by atoms with Crippen molar-refractivity contribution in [2.75, 3.05) is 5.75 Å². The van der Waals surface area contributed by atoms with E-state index in [2.05, 4.69) is 5.32 Å². The molecule has 2 N–H and O–H groups in total. The van der Waals surface area contributed by atoms with Gasteiger partial charge in [-0.15, -0.1) is 11.8 Å². The second-order valence-corrected chi connectivity index (χ2v) is 10.5. The third kappa shape index (κ3) is 4.76. The van der Waals surface area contributed by atoms with Crippen LogP contribution in [-0.2, 0) is 20.8 Å². The van der Waals surface area contributed by atoms with Gasteiger partial charge in [0.1, 0.15) is 22.9 Å². The predicted molar refractivity (Wildman–Crippen MR) is 138 cm³/mol. The molecule has 0 aromatic heterocycles. The van der Waals surface area contributed by atoms with Crippen molar-refractivity contribution in [2.24, 2.45) is 0 Å². The van der Waals surface area contributed by atoms with Gasteiger partial charge in [-0.3, -0.25) is 14.5 Å². The van der Waals surface area contributed by atoms with Gasteiger partial charge in [-0.05, 0) is 28.8 Å². The zero-order valence-electron chi connectivity index (χ0n) is 18.9. The second kappa shape index (κ2) is 10.2. The average molecular weight is 521 g/mol. The molecule has 0 unspecified atom stereocenters. The predicted octanol–water partition coefficient (Wildman–Crippen LogP) is 4.52. The van der Waals surface area contributed by atoms with Crippen LogP contribution in [0.25, 0.3) is 11.1 Å². The summed E-state index contributed by atoms with van der Waals surface area (Å²) in [5.74, 6) is -2.23. The molecular formula is C27H21FN2O4S2. The van der Waals surface area contributed by atoms with E-state index in [1.807, 2.05) is 60.7 Å². The molecule has 0 saturated carbocycles. The second-order valence-electron chi connectivity index (χ2n) is 8.31. The maximum absolute atomic E-state index is 14.9. The first kappa shape index (κ1) is 24.1. The van der Waals surface area contributed by atoms with Crippen LogP contribution in [0, 0.1) is 5.82 Å². The number of hydrogen-bond donors (Lipinski definition) is 2. The minimum absolute atomic E-state index is 0.128. The fourth-order valence-electron chi connectivity index (χ4n) is 4.20. The summed E-state index contributed by atoms with van der Waals surface area (Å²) >= 11 is 2.37. The molecule has 2 atom stereocenters. The van der Waals surface area contributed by atoms with E-state index < -0.39 is 29.1 Å². The zero-order chi connectivity index (χ0) is 25.2. The topological polar surface area (TPSA) is 86.7 Å². The Bertz CT molecular complexity index is 1360. The first-order valence-corrected chi connectivity index (χ1v) is 13.1. The van der Waals surface area contributed by atoms with Gasteiger partial charge in [0.05, 0.1) is 6.42 Å². The van der Waals surface area contributed by atoms with E-state index >= 15 is 0 Å². The van der Waals surface area contributed by atoms with Crippen molar-refractivity contribution >= 4 is 41.3 Å². The maximum Gasteiger partial charge on any atom is 0.353 e. The van der Waals surface area contributed by atoms with Crippen LogP contribution in [0.15, 0.2) is 94.4 Å². The van der Waals surface area contributed by atoms with E-state index in [0.717, 1.165) is 28.5 Å². The molecule has 182 valence electrons. The highest BCUT2D eigenvalue weighted by atomic mass is 32.2. The first-order valence-electron chi connectivity index (χ1n) is 11.2. The Morgan fingerprint density at radius 1 is 1.03 bits per heavy atom. The minimum atomic E-state index is -1.26. The van der Waals surface area contributed by atoms with Crippen LogP contribution in [0.5, 0.6) is 0 Å². The summed E-state index contributed by atoms with van der Waals surface area (Å²) in [4.78, 5) is 39.3. The van der Waals surface area contributed by atoms with Crippen molar-refractivity contribution in [1.82, 2.24) is 10.2 Å². The van der Waals surface area contributed by atoms with Gasteiger partial charge in [-0.25, -0.2) is 9.18 Å². The number of benzene rings is 3. The Labute approximate surface area is 215 Å². The van der Waals surface area contributed by atoms with Crippen LogP contribution in [0.1, 0.15) is 5.56 Å². The number of amides is 2. The van der Waals surface area contributed by atoms with Crippen LogP contribution >= 0.6 is 23.5 Å². The van der Waals surface area contributed by atoms with Gasteiger partial charge in [0.2, 0.25) is 5.91 Å². The maximum atomic E-state index is 14.9. The van der Waals surface area contributed by atoms with Gasteiger partial charge < -0.3 is 10.4 Å². The number of aliphatic carboxylic acids is 1. The molecule has 2 aliphatic heterocycles. The zero-order valence-corrected chi connectivity index (χ0v) is 20.5. The summed E-state index contributed by atoms with van der Waals surface area (Å²) in [6.07, 6.45) is 0.128. The fraction of sp³-hybridized carbons (Fsp3) is 0.148. The van der Waals surface area contributed by atoms with E-state index in [1.54, 1.807) is 12.1 Å². The lowest BCUT2D eigenvalue weighted by Gasteiger charge is -2.49. The quantitative estimate of drug-likeness (QED) is 0.446. The van der Waals surface area contributed by atoms with Gasteiger partial charge in [0, 0.05) is 15.6 Å². The number of fused-ring (bicyclic) bond motifs is 1. The number of carboxylic acid groups (broad SMARTS) is 1. The number of β-lactam (4-membered cyclic amide) rings is 1. The molecule has 5 rings (SSSR count). The molecule has 1 fully saturated rings. The SMILES string of the molecule is O=C(Cc1ccccc1)N[C@@H]1C(=O)N2C(C(=O)O)=C(Sc3ccc(-c4ccccc4)cc3F)CS[C@H]12. The molecule has 2 amide bonds. The highest BCUT2D eigenvalue weighted by Gasteiger charge is 2.54. The summed E-state index contributed by atoms with van der Waals surface area (Å²) in [5, 5.41) is 12.1. The van der Waals surface area contributed by atoms with Crippen LogP contribution in [0.4, 0.5) is 4.39 Å². The summed E-state index contributed by atoms with van der Waals surface area (Å²) in [7, 11) is 0. The molecule has 6 nitrogen and oxygen atoms in total. The van der Waals surface area contributed by atoms with Crippen molar-refractivity contribution in [3.05, 3.63) is 101 Å². The summed E-state index contributed by atoms with van der Waals surface area (Å²) in [5.41, 5.74) is 2.25. The van der Waals surface area contributed by atoms with E-state index in [1.165, 1.54) is 22.7 Å². The summed E-state index contributed by atoms with van der Waals surface area (Å²) < 4.78 is 14.9. The number of nitrogens with one attached hydrogen (secondary N) is 1. The van der Waals surface area contributed by atoms with Crippen molar-refractivity contribution in [3.8, 4) is 11.1 Å². The highest BCUT2D eigenvalue weighted by molar-refractivity contribution is 8.06. The number of thioether (sulfide) groups is 2. The lowest BCUT2D eigenvalue weighted by molar-refractivity contribution is -0.150. The molecule has 0 radical (unpaired) electrons. The third-order valence-corrected chi connectivity index (χ3v) is 8.53. The first-order chi connectivity index (χ1) is 17.4. The fourth-order valence-corrected chi connectivity index (χ4v) is 6.68. The van der Waals surface area contributed by atoms with E-state index in [-0.39, 0.29) is 28.7 Å². The van der Waals surface area contributed by atoms with Crippen LogP contribution in [0.3, 0.4) is 0 Å². The molecular weight excluding hydrogens is 499 g/mol. The molecule has 0 aliphatic carbocycles. The lowest BCUT2D eigenvalue weighted by atomic mass is 10.0. The molecule has 2 heterocycles. The number of hydrogen-bond acceptors (Lipinski definition) is 5. The molecule has 0 bridgehead atoms. The lowest BCUT2D eigenvalue weighted by Crippen LogP contribution is -2.70. The van der Waals surface area contributed by atoms with Crippen LogP contribution < -0.4 is 5.32 Å². The van der Waals surface area contributed by atoms with E-state index in [9.17, 15) is 23.9 Å². The monoisotopic (exact) mass is 520 g/mol. The van der Waals surface area contributed by atoms with Gasteiger partial charge in [0.15, 0.2) is 0 Å². The smallest absolute Gasteiger partial charge is 0.353 e. The normalized spacial score (nSPS) is 18.9. The van der Waals surface area contributed by atoms with Gasteiger partial charge in [-0.1, -0.05) is 78.5 Å². The Morgan fingerprint density at radius 3 is 2.39 bits per heavy atom. The van der Waals surface area contributed by atoms with E-state index in [4.69, 9.17) is 0 Å². The minimum Gasteiger partial charge on any atom is -0.477 e.